The van der Waals surface area contributed by atoms with Gasteiger partial charge < -0.3 is 5.11 Å². The average molecular weight is 458 g/mol. The molecule has 3 heterocycles. The molecule has 2 aromatic heterocycles. The zero-order valence-electron chi connectivity index (χ0n) is 15.5. The number of thioether (sulfide) groups is 1. The minimum Gasteiger partial charge on any atom is -0.480 e. The molecular weight excluding hydrogens is 446 g/mol. The summed E-state index contributed by atoms with van der Waals surface area (Å²) in [6.45, 7) is -0.544. The normalized spacial score (nSPS) is 15.2. The van der Waals surface area contributed by atoms with Gasteiger partial charge in [0.15, 0.2) is 5.82 Å². The molecule has 11 heteroatoms. The molecule has 1 aromatic carbocycles. The van der Waals surface area contributed by atoms with E-state index in [4.69, 9.17) is 17.3 Å². The Balaban J connectivity index is 1.81. The summed E-state index contributed by atoms with van der Waals surface area (Å²) in [6, 6.07) is 6.55. The van der Waals surface area contributed by atoms with E-state index < -0.39 is 30.1 Å². The van der Waals surface area contributed by atoms with Gasteiger partial charge in [-0.25, -0.2) is 13.5 Å². The fourth-order valence-electron chi connectivity index (χ4n) is 2.92. The molecule has 1 N–H and O–H groups in total. The summed E-state index contributed by atoms with van der Waals surface area (Å²) in [7, 11) is 0. The molecule has 1 fully saturated rings. The highest BCUT2D eigenvalue weighted by atomic mass is 32.2. The van der Waals surface area contributed by atoms with Crippen LogP contribution in [-0.4, -0.2) is 47.5 Å². The van der Waals surface area contributed by atoms with Gasteiger partial charge in [0.25, 0.3) is 5.91 Å². The van der Waals surface area contributed by atoms with Crippen LogP contribution in [0, 0.1) is 11.6 Å². The molecule has 156 valence electrons. The first kappa shape index (κ1) is 20.8. The second-order valence-corrected chi connectivity index (χ2v) is 8.05. The van der Waals surface area contributed by atoms with Crippen LogP contribution in [0.1, 0.15) is 5.56 Å². The van der Waals surface area contributed by atoms with Crippen molar-refractivity contribution in [2.75, 3.05) is 6.54 Å². The molecule has 31 heavy (non-hydrogen) atoms. The van der Waals surface area contributed by atoms with Crippen molar-refractivity contribution in [3.05, 3.63) is 71.0 Å². The summed E-state index contributed by atoms with van der Waals surface area (Å²) in [5.74, 6) is -3.26. The van der Waals surface area contributed by atoms with Crippen LogP contribution >= 0.6 is 24.0 Å². The van der Waals surface area contributed by atoms with Gasteiger partial charge in [0.1, 0.15) is 28.1 Å². The van der Waals surface area contributed by atoms with E-state index in [1.165, 1.54) is 23.0 Å². The minimum absolute atomic E-state index is 0.0182. The van der Waals surface area contributed by atoms with Gasteiger partial charge in [-0.3, -0.25) is 19.5 Å². The number of carboxylic acid groups (broad SMARTS) is 1. The Kier molecular flexibility index (Phi) is 5.61. The first-order valence-corrected chi connectivity index (χ1v) is 9.98. The number of carbonyl (C=O) groups excluding carboxylic acids is 1. The van der Waals surface area contributed by atoms with E-state index in [1.54, 1.807) is 24.5 Å². The second-order valence-electron chi connectivity index (χ2n) is 6.38. The van der Waals surface area contributed by atoms with Gasteiger partial charge in [-0.15, -0.1) is 0 Å². The van der Waals surface area contributed by atoms with Crippen LogP contribution in [0.2, 0.25) is 0 Å². The van der Waals surface area contributed by atoms with Crippen LogP contribution in [0.15, 0.2) is 53.8 Å². The number of thiocarbonyl (C=S) groups is 1. The van der Waals surface area contributed by atoms with Crippen molar-refractivity contribution in [2.45, 2.75) is 0 Å². The molecule has 0 unspecified atom stereocenters. The third kappa shape index (κ3) is 4.23. The molecule has 1 aliphatic heterocycles. The fourth-order valence-corrected chi connectivity index (χ4v) is 4.17. The SMILES string of the molecule is O=C(O)CN1C(=O)C(=Cc2cn(-c3ccc(F)cc3F)nc2-c2cccnc2)SC1=S. The van der Waals surface area contributed by atoms with Crippen molar-refractivity contribution in [2.24, 2.45) is 0 Å². The summed E-state index contributed by atoms with van der Waals surface area (Å²) in [5.41, 5.74) is 1.48. The van der Waals surface area contributed by atoms with Crippen molar-refractivity contribution >= 4 is 46.3 Å². The van der Waals surface area contributed by atoms with Crippen LogP contribution in [-0.2, 0) is 9.59 Å². The topological polar surface area (TPSA) is 88.3 Å². The molecule has 0 saturated carbocycles. The summed E-state index contributed by atoms with van der Waals surface area (Å²) >= 11 is 6.08. The Morgan fingerprint density at radius 1 is 1.29 bits per heavy atom. The average Bonchev–Trinajstić information content (AvgIpc) is 3.25. The molecule has 0 spiro atoms. The first-order valence-electron chi connectivity index (χ1n) is 8.76. The lowest BCUT2D eigenvalue weighted by Crippen LogP contribution is -2.33. The maximum Gasteiger partial charge on any atom is 0.323 e. The molecule has 1 aliphatic rings. The van der Waals surface area contributed by atoms with Crippen molar-refractivity contribution in [3.8, 4) is 16.9 Å². The summed E-state index contributed by atoms with van der Waals surface area (Å²) in [6.07, 6.45) is 6.13. The maximum atomic E-state index is 14.3. The predicted octanol–water partition coefficient (Wildman–Crippen LogP) is 3.50. The van der Waals surface area contributed by atoms with Crippen LogP contribution in [0.25, 0.3) is 23.0 Å². The molecule has 4 rings (SSSR count). The Morgan fingerprint density at radius 2 is 2.10 bits per heavy atom. The van der Waals surface area contributed by atoms with Gasteiger partial charge in [-0.05, 0) is 30.3 Å². The van der Waals surface area contributed by atoms with Crippen molar-refractivity contribution in [3.63, 3.8) is 0 Å². The standard InChI is InChI=1S/C20H12F2N4O3S2/c21-13-3-4-15(14(22)7-13)26-9-12(18(24-26)11-2-1-5-23-8-11)6-16-19(29)25(10-17(27)28)20(30)31-16/h1-9H,10H2,(H,27,28). The third-order valence-corrected chi connectivity index (χ3v) is 5.67. The van der Waals surface area contributed by atoms with Gasteiger partial charge >= 0.3 is 5.97 Å². The van der Waals surface area contributed by atoms with E-state index >= 15 is 0 Å². The monoisotopic (exact) mass is 458 g/mol. The number of nitrogens with zero attached hydrogens (tertiary/aromatic N) is 4. The van der Waals surface area contributed by atoms with Crippen LogP contribution in [0.4, 0.5) is 8.78 Å². The molecule has 1 amide bonds. The molecule has 1 saturated heterocycles. The number of aromatic nitrogens is 3. The highest BCUT2D eigenvalue weighted by molar-refractivity contribution is 8.26. The Morgan fingerprint density at radius 3 is 2.77 bits per heavy atom. The Hall–Kier alpha value is -3.44. The fraction of sp³-hybridized carbons (Fsp3) is 0.0500. The summed E-state index contributed by atoms with van der Waals surface area (Å²) in [5, 5.41) is 13.4. The third-order valence-electron chi connectivity index (χ3n) is 4.29. The van der Waals surface area contributed by atoms with Crippen LogP contribution < -0.4 is 0 Å². The van der Waals surface area contributed by atoms with E-state index in [0.717, 1.165) is 28.8 Å². The number of amides is 1. The Bertz CT molecular complexity index is 1240. The van der Waals surface area contributed by atoms with Crippen LogP contribution in [0.5, 0.6) is 0 Å². The van der Waals surface area contributed by atoms with Gasteiger partial charge in [0, 0.05) is 35.8 Å². The number of hydrogen-bond donors (Lipinski definition) is 1. The van der Waals surface area contributed by atoms with Crippen molar-refractivity contribution in [1.29, 1.82) is 0 Å². The Labute approximate surface area is 184 Å². The number of rotatable bonds is 5. The summed E-state index contributed by atoms with van der Waals surface area (Å²) < 4.78 is 29.0. The number of aliphatic carboxylic acids is 1. The minimum atomic E-state index is -1.19. The van der Waals surface area contributed by atoms with Crippen molar-refractivity contribution in [1.82, 2.24) is 19.7 Å². The van der Waals surface area contributed by atoms with E-state index in [-0.39, 0.29) is 14.9 Å². The molecular formula is C20H12F2N4O3S2. The van der Waals surface area contributed by atoms with Crippen LogP contribution in [0.3, 0.4) is 0 Å². The largest absolute Gasteiger partial charge is 0.480 e. The van der Waals surface area contributed by atoms with Gasteiger partial charge in [0.05, 0.1) is 4.91 Å². The predicted molar refractivity (Wildman–Crippen MR) is 114 cm³/mol. The maximum absolute atomic E-state index is 14.3. The number of benzene rings is 1. The smallest absolute Gasteiger partial charge is 0.323 e. The molecule has 0 atom stereocenters. The van der Waals surface area contributed by atoms with E-state index in [0.29, 0.717) is 16.8 Å². The molecule has 0 aliphatic carbocycles. The lowest BCUT2D eigenvalue weighted by atomic mass is 10.1. The van der Waals surface area contributed by atoms with E-state index in [2.05, 4.69) is 10.1 Å². The lowest BCUT2D eigenvalue weighted by Gasteiger charge is -2.10. The molecule has 0 bridgehead atoms. The molecule has 3 aromatic rings. The zero-order chi connectivity index (χ0) is 22.1. The number of pyridine rings is 1. The number of halogens is 2. The van der Waals surface area contributed by atoms with E-state index in [1.807, 2.05) is 0 Å². The zero-order valence-corrected chi connectivity index (χ0v) is 17.2. The second kappa shape index (κ2) is 8.36. The van der Waals surface area contributed by atoms with Gasteiger partial charge in [-0.2, -0.15) is 5.10 Å². The van der Waals surface area contributed by atoms with Crippen molar-refractivity contribution < 1.29 is 23.5 Å². The molecule has 7 nitrogen and oxygen atoms in total. The quantitative estimate of drug-likeness (QED) is 0.463. The first-order chi connectivity index (χ1) is 14.8. The molecule has 0 radical (unpaired) electrons. The highest BCUT2D eigenvalue weighted by Crippen LogP contribution is 2.34. The number of carbonyl (C=O) groups is 2. The lowest BCUT2D eigenvalue weighted by molar-refractivity contribution is -0.140. The van der Waals surface area contributed by atoms with Gasteiger partial charge in [0.2, 0.25) is 0 Å². The highest BCUT2D eigenvalue weighted by Gasteiger charge is 2.33. The summed E-state index contributed by atoms with van der Waals surface area (Å²) in [4.78, 5) is 28.9. The number of hydrogen-bond acceptors (Lipinski definition) is 6. The van der Waals surface area contributed by atoms with Gasteiger partial charge in [-0.1, -0.05) is 24.0 Å². The number of carboxylic acids is 1. The van der Waals surface area contributed by atoms with E-state index in [9.17, 15) is 18.4 Å².